The number of anilines is 1. The fraction of sp³-hybridized carbons (Fsp3) is 0.167. The van der Waals surface area contributed by atoms with Crippen LogP contribution < -0.4 is 10.6 Å². The van der Waals surface area contributed by atoms with Gasteiger partial charge in [-0.3, -0.25) is 10.4 Å². The summed E-state index contributed by atoms with van der Waals surface area (Å²) >= 11 is 7.28. The van der Waals surface area contributed by atoms with Gasteiger partial charge in [0.1, 0.15) is 5.01 Å². The molecular formula is C12H11ClN6OS. The van der Waals surface area contributed by atoms with E-state index in [-0.39, 0.29) is 6.03 Å². The molecule has 108 valence electrons. The molecule has 0 fully saturated rings. The lowest BCUT2D eigenvalue weighted by Crippen LogP contribution is -2.28. The Morgan fingerprint density at radius 1 is 1.43 bits per heavy atom. The first kappa shape index (κ1) is 13.8. The van der Waals surface area contributed by atoms with Crippen LogP contribution in [0.2, 0.25) is 5.02 Å². The second-order valence-corrected chi connectivity index (χ2v) is 5.92. The number of amides is 2. The number of halogens is 1. The van der Waals surface area contributed by atoms with E-state index in [1.807, 2.05) is 19.1 Å². The molecule has 0 aliphatic carbocycles. The van der Waals surface area contributed by atoms with Crippen molar-refractivity contribution in [2.45, 2.75) is 13.5 Å². The second-order valence-electron chi connectivity index (χ2n) is 4.30. The maximum absolute atomic E-state index is 11.8. The van der Waals surface area contributed by atoms with Crippen LogP contribution in [0.1, 0.15) is 10.7 Å². The van der Waals surface area contributed by atoms with Crippen LogP contribution in [-0.4, -0.2) is 26.4 Å². The highest BCUT2D eigenvalue weighted by atomic mass is 35.5. The third-order valence-corrected chi connectivity index (χ3v) is 3.76. The van der Waals surface area contributed by atoms with Crippen LogP contribution in [0.4, 0.5) is 9.93 Å². The van der Waals surface area contributed by atoms with Crippen LogP contribution in [0.25, 0.3) is 10.9 Å². The van der Waals surface area contributed by atoms with Gasteiger partial charge in [0.15, 0.2) is 0 Å². The van der Waals surface area contributed by atoms with E-state index in [1.165, 1.54) is 11.3 Å². The minimum atomic E-state index is -0.351. The van der Waals surface area contributed by atoms with Gasteiger partial charge in [-0.1, -0.05) is 22.9 Å². The minimum absolute atomic E-state index is 0.306. The zero-order valence-corrected chi connectivity index (χ0v) is 12.5. The van der Waals surface area contributed by atoms with Crippen LogP contribution in [-0.2, 0) is 6.54 Å². The standard InChI is InChI=1S/C12H11ClN6OS/c1-6-16-19-12(21-6)15-11(20)14-5-10-8-4-7(13)2-3-9(8)17-18-10/h2-4H,5H2,1H3,(H,17,18)(H2,14,15,19,20). The normalized spacial score (nSPS) is 10.8. The van der Waals surface area contributed by atoms with Gasteiger partial charge < -0.3 is 5.32 Å². The Morgan fingerprint density at radius 2 is 2.29 bits per heavy atom. The predicted molar refractivity (Wildman–Crippen MR) is 81.6 cm³/mol. The van der Waals surface area contributed by atoms with Crippen LogP contribution in [0, 0.1) is 6.92 Å². The molecule has 0 spiro atoms. The maximum Gasteiger partial charge on any atom is 0.321 e. The Balaban J connectivity index is 1.66. The Kier molecular flexibility index (Phi) is 3.72. The number of hydrogen-bond acceptors (Lipinski definition) is 5. The maximum atomic E-state index is 11.8. The molecule has 1 aromatic carbocycles. The molecule has 0 aliphatic rings. The summed E-state index contributed by atoms with van der Waals surface area (Å²) in [6, 6.07) is 5.05. The molecule has 0 bridgehead atoms. The van der Waals surface area contributed by atoms with Crippen LogP contribution in [0.3, 0.4) is 0 Å². The summed E-state index contributed by atoms with van der Waals surface area (Å²) in [4.78, 5) is 11.8. The minimum Gasteiger partial charge on any atom is -0.332 e. The summed E-state index contributed by atoms with van der Waals surface area (Å²) in [6.07, 6.45) is 0. The van der Waals surface area contributed by atoms with Gasteiger partial charge in [0.2, 0.25) is 5.13 Å². The Hall–Kier alpha value is -2.19. The summed E-state index contributed by atoms with van der Waals surface area (Å²) in [6.45, 7) is 2.13. The first-order valence-corrected chi connectivity index (χ1v) is 7.29. The van der Waals surface area contributed by atoms with Gasteiger partial charge >= 0.3 is 6.03 Å². The van der Waals surface area contributed by atoms with Crippen molar-refractivity contribution in [1.82, 2.24) is 25.7 Å². The number of rotatable bonds is 3. The summed E-state index contributed by atoms with van der Waals surface area (Å²) in [5.41, 5.74) is 1.59. The smallest absolute Gasteiger partial charge is 0.321 e. The summed E-state index contributed by atoms with van der Waals surface area (Å²) in [7, 11) is 0. The van der Waals surface area contributed by atoms with Crippen molar-refractivity contribution in [2.75, 3.05) is 5.32 Å². The van der Waals surface area contributed by atoms with Crippen molar-refractivity contribution < 1.29 is 4.79 Å². The lowest BCUT2D eigenvalue weighted by Gasteiger charge is -2.03. The number of nitrogens with one attached hydrogen (secondary N) is 3. The van der Waals surface area contributed by atoms with E-state index in [0.29, 0.717) is 16.7 Å². The fourth-order valence-corrected chi connectivity index (χ4v) is 2.59. The highest BCUT2D eigenvalue weighted by Crippen LogP contribution is 2.20. The molecule has 0 saturated carbocycles. The summed E-state index contributed by atoms with van der Waals surface area (Å²) < 4.78 is 0. The fourth-order valence-electron chi connectivity index (χ4n) is 1.83. The monoisotopic (exact) mass is 322 g/mol. The van der Waals surface area contributed by atoms with Gasteiger partial charge in [0, 0.05) is 10.4 Å². The summed E-state index contributed by atoms with van der Waals surface area (Å²) in [5, 5.41) is 22.8. The number of benzene rings is 1. The van der Waals surface area contributed by atoms with Crippen LogP contribution in [0.5, 0.6) is 0 Å². The molecule has 0 aliphatic heterocycles. The van der Waals surface area contributed by atoms with E-state index in [2.05, 4.69) is 31.0 Å². The molecule has 7 nitrogen and oxygen atoms in total. The quantitative estimate of drug-likeness (QED) is 0.690. The lowest BCUT2D eigenvalue weighted by atomic mass is 10.2. The average molecular weight is 323 g/mol. The van der Waals surface area contributed by atoms with Gasteiger partial charge in [0.25, 0.3) is 0 Å². The SMILES string of the molecule is Cc1nnc(NC(=O)NCc2[nH]nc3ccc(Cl)cc23)s1. The number of carbonyl (C=O) groups is 1. The van der Waals surface area contributed by atoms with Gasteiger partial charge in [-0.25, -0.2) is 4.79 Å². The van der Waals surface area contributed by atoms with Crippen LogP contribution in [0.15, 0.2) is 18.2 Å². The van der Waals surface area contributed by atoms with E-state index in [4.69, 9.17) is 11.6 Å². The molecule has 0 atom stereocenters. The number of aromatic amines is 1. The first-order chi connectivity index (χ1) is 10.1. The Bertz CT molecular complexity index is 798. The van der Waals surface area contributed by atoms with E-state index < -0.39 is 0 Å². The van der Waals surface area contributed by atoms with E-state index in [9.17, 15) is 4.79 Å². The number of H-pyrrole nitrogens is 1. The molecule has 2 amide bonds. The molecule has 2 aromatic heterocycles. The lowest BCUT2D eigenvalue weighted by molar-refractivity contribution is 0.251. The van der Waals surface area contributed by atoms with Gasteiger partial charge in [-0.15, -0.1) is 10.2 Å². The number of carbonyl (C=O) groups excluding carboxylic acids is 1. The number of aryl methyl sites for hydroxylation is 1. The highest BCUT2D eigenvalue weighted by molar-refractivity contribution is 7.15. The molecule has 3 N–H and O–H groups in total. The average Bonchev–Trinajstić information content (AvgIpc) is 3.03. The van der Waals surface area contributed by atoms with Crippen molar-refractivity contribution in [3.8, 4) is 0 Å². The molecular weight excluding hydrogens is 312 g/mol. The van der Waals surface area contributed by atoms with Crippen molar-refractivity contribution in [2.24, 2.45) is 0 Å². The van der Waals surface area contributed by atoms with Gasteiger partial charge in [0.05, 0.1) is 17.8 Å². The first-order valence-electron chi connectivity index (χ1n) is 6.09. The van der Waals surface area contributed by atoms with E-state index in [0.717, 1.165) is 21.6 Å². The van der Waals surface area contributed by atoms with E-state index in [1.54, 1.807) is 6.07 Å². The van der Waals surface area contributed by atoms with Crippen molar-refractivity contribution in [3.63, 3.8) is 0 Å². The van der Waals surface area contributed by atoms with E-state index >= 15 is 0 Å². The third-order valence-electron chi connectivity index (χ3n) is 2.77. The van der Waals surface area contributed by atoms with Crippen molar-refractivity contribution in [1.29, 1.82) is 0 Å². The Morgan fingerprint density at radius 3 is 3.05 bits per heavy atom. The highest BCUT2D eigenvalue weighted by Gasteiger charge is 2.09. The molecule has 3 rings (SSSR count). The zero-order valence-electron chi connectivity index (χ0n) is 11.0. The number of fused-ring (bicyclic) bond motifs is 1. The Labute approximate surface area is 128 Å². The second kappa shape index (κ2) is 5.66. The molecule has 0 radical (unpaired) electrons. The summed E-state index contributed by atoms with van der Waals surface area (Å²) in [5.74, 6) is 0. The molecule has 21 heavy (non-hydrogen) atoms. The molecule has 9 heteroatoms. The zero-order chi connectivity index (χ0) is 14.8. The molecule has 2 heterocycles. The molecule has 0 saturated heterocycles. The molecule has 3 aromatic rings. The number of hydrogen-bond donors (Lipinski definition) is 3. The van der Waals surface area contributed by atoms with Crippen molar-refractivity contribution in [3.05, 3.63) is 33.9 Å². The number of urea groups is 1. The topological polar surface area (TPSA) is 95.6 Å². The van der Waals surface area contributed by atoms with Gasteiger partial charge in [-0.2, -0.15) is 5.10 Å². The number of aromatic nitrogens is 4. The largest absolute Gasteiger partial charge is 0.332 e. The third kappa shape index (κ3) is 3.11. The number of nitrogens with zero attached hydrogens (tertiary/aromatic N) is 3. The van der Waals surface area contributed by atoms with Crippen molar-refractivity contribution >= 4 is 45.0 Å². The predicted octanol–water partition coefficient (Wildman–Crippen LogP) is 2.70. The molecule has 0 unspecified atom stereocenters. The van der Waals surface area contributed by atoms with Crippen LogP contribution >= 0.6 is 22.9 Å². The van der Waals surface area contributed by atoms with Gasteiger partial charge in [-0.05, 0) is 25.1 Å².